The molecule has 1 atom stereocenters. The van der Waals surface area contributed by atoms with E-state index >= 15 is 0 Å². The minimum absolute atomic E-state index is 0.572. The Hall–Kier alpha value is -6.56. The average Bonchev–Trinajstić information content (AvgIpc) is 3.71. The van der Waals surface area contributed by atoms with Gasteiger partial charge in [-0.15, -0.1) is 0 Å². The number of hydrogen-bond donors (Lipinski definition) is 1. The van der Waals surface area contributed by atoms with Gasteiger partial charge in [-0.3, -0.25) is 0 Å². The number of para-hydroxylation sites is 2. The third-order valence-corrected chi connectivity index (χ3v) is 9.31. The van der Waals surface area contributed by atoms with Crippen LogP contribution in [-0.4, -0.2) is 16.6 Å². The Morgan fingerprint density at radius 3 is 2.00 bits per heavy atom. The second kappa shape index (κ2) is 12.5. The molecule has 0 aliphatic heterocycles. The molecule has 9 rings (SSSR count). The maximum Gasteiger partial charge on any atom is 0.156 e. The lowest BCUT2D eigenvalue weighted by Crippen LogP contribution is -2.11. The number of rotatable bonds is 6. The number of nitrogens with two attached hydrogens (primary N) is 1. The fourth-order valence-corrected chi connectivity index (χ4v) is 6.79. The number of furan rings is 1. The number of hydrogen-bond acceptors (Lipinski definition) is 3. The quantitative estimate of drug-likeness (QED) is 0.145. The van der Waals surface area contributed by atoms with Crippen LogP contribution in [0.25, 0.3) is 60.6 Å². The van der Waals surface area contributed by atoms with Crippen molar-refractivity contribution >= 4 is 55.8 Å². The molecule has 238 valence electrons. The summed E-state index contributed by atoms with van der Waals surface area (Å²) in [6, 6.07) is 58.2. The Morgan fingerprint density at radius 2 is 1.22 bits per heavy atom. The van der Waals surface area contributed by atoms with E-state index in [-0.39, 0.29) is 0 Å². The zero-order valence-electron chi connectivity index (χ0n) is 27.1. The molecule has 2 heterocycles. The molecular formula is C45H32N4O. The molecule has 2 N–H and O–H groups in total. The van der Waals surface area contributed by atoms with E-state index in [4.69, 9.17) is 20.1 Å². The first-order valence-electron chi connectivity index (χ1n) is 16.7. The minimum Gasteiger partial charge on any atom is -0.456 e. The van der Waals surface area contributed by atoms with Crippen molar-refractivity contribution in [1.82, 2.24) is 4.57 Å². The Bertz CT molecular complexity index is 2690. The van der Waals surface area contributed by atoms with Gasteiger partial charge in [0.2, 0.25) is 0 Å². The van der Waals surface area contributed by atoms with Crippen molar-refractivity contribution in [2.75, 3.05) is 0 Å². The van der Waals surface area contributed by atoms with Crippen molar-refractivity contribution in [3.05, 3.63) is 187 Å². The summed E-state index contributed by atoms with van der Waals surface area (Å²) >= 11 is 0. The lowest BCUT2D eigenvalue weighted by molar-refractivity contribution is 0.669. The van der Waals surface area contributed by atoms with E-state index < -0.39 is 6.17 Å². The van der Waals surface area contributed by atoms with Crippen LogP contribution < -0.4 is 5.73 Å². The molecule has 0 radical (unpaired) electrons. The molecule has 0 saturated carbocycles. The first-order chi connectivity index (χ1) is 24.7. The Morgan fingerprint density at radius 1 is 0.560 bits per heavy atom. The van der Waals surface area contributed by atoms with E-state index in [1.54, 1.807) is 0 Å². The van der Waals surface area contributed by atoms with E-state index in [1.807, 2.05) is 66.9 Å². The lowest BCUT2D eigenvalue weighted by Gasteiger charge is -2.12. The van der Waals surface area contributed by atoms with Crippen LogP contribution in [0.15, 0.2) is 184 Å². The second-order valence-corrected chi connectivity index (χ2v) is 12.4. The summed E-state index contributed by atoms with van der Waals surface area (Å²) in [4.78, 5) is 9.79. The number of nitrogens with zero attached hydrogens (tertiary/aromatic N) is 3. The molecule has 0 aliphatic carbocycles. The topological polar surface area (TPSA) is 68.8 Å². The van der Waals surface area contributed by atoms with Gasteiger partial charge in [0.1, 0.15) is 17.3 Å². The SMILES string of the molecule is NC(/N=C(\N=C\c1ccccc1)c1ccc(-c2ccccc2)cc1)c1ccc(-n2c3ccccc3c3cc4c(cc32)oc2ccccc24)cc1. The Kier molecular flexibility index (Phi) is 7.38. The smallest absolute Gasteiger partial charge is 0.156 e. The van der Waals surface area contributed by atoms with Crippen LogP contribution >= 0.6 is 0 Å². The summed E-state index contributed by atoms with van der Waals surface area (Å²) < 4.78 is 8.58. The maximum absolute atomic E-state index is 6.79. The third kappa shape index (κ3) is 5.36. The van der Waals surface area contributed by atoms with Crippen LogP contribution in [0.1, 0.15) is 22.9 Å². The Balaban J connectivity index is 1.09. The van der Waals surface area contributed by atoms with Crippen LogP contribution in [-0.2, 0) is 0 Å². The molecule has 0 amide bonds. The zero-order valence-corrected chi connectivity index (χ0v) is 27.1. The van der Waals surface area contributed by atoms with Crippen molar-refractivity contribution in [2.24, 2.45) is 15.7 Å². The highest BCUT2D eigenvalue weighted by atomic mass is 16.3. The summed E-state index contributed by atoms with van der Waals surface area (Å²) in [5.74, 6) is 0.572. The fraction of sp³-hybridized carbons (Fsp3) is 0.0222. The van der Waals surface area contributed by atoms with E-state index in [2.05, 4.69) is 114 Å². The van der Waals surface area contributed by atoms with Crippen molar-refractivity contribution in [2.45, 2.75) is 6.17 Å². The average molecular weight is 645 g/mol. The predicted molar refractivity (Wildman–Crippen MR) is 207 cm³/mol. The van der Waals surface area contributed by atoms with Crippen LogP contribution in [0.5, 0.6) is 0 Å². The van der Waals surface area contributed by atoms with E-state index in [0.717, 1.165) is 66.5 Å². The molecule has 0 saturated heterocycles. The summed E-state index contributed by atoms with van der Waals surface area (Å²) in [7, 11) is 0. The van der Waals surface area contributed by atoms with Crippen molar-refractivity contribution < 1.29 is 4.42 Å². The molecule has 50 heavy (non-hydrogen) atoms. The molecule has 0 fully saturated rings. The highest BCUT2D eigenvalue weighted by Gasteiger charge is 2.17. The molecule has 0 aliphatic rings. The predicted octanol–water partition coefficient (Wildman–Crippen LogP) is 10.9. The van der Waals surface area contributed by atoms with Gasteiger partial charge in [0.05, 0.1) is 11.0 Å². The van der Waals surface area contributed by atoms with Gasteiger partial charge >= 0.3 is 0 Å². The van der Waals surface area contributed by atoms with Crippen LogP contribution in [0.2, 0.25) is 0 Å². The summed E-state index contributed by atoms with van der Waals surface area (Å²) in [6.07, 6.45) is 1.22. The van der Waals surface area contributed by atoms with Gasteiger partial charge in [-0.05, 0) is 52.6 Å². The molecular weight excluding hydrogens is 613 g/mol. The first-order valence-corrected chi connectivity index (χ1v) is 16.7. The number of aliphatic imine (C=N–C) groups is 2. The fourth-order valence-electron chi connectivity index (χ4n) is 6.79. The molecule has 1 unspecified atom stereocenters. The van der Waals surface area contributed by atoms with Gasteiger partial charge in [0.25, 0.3) is 0 Å². The minimum atomic E-state index is -0.617. The number of fused-ring (bicyclic) bond motifs is 6. The zero-order chi connectivity index (χ0) is 33.4. The number of benzene rings is 7. The van der Waals surface area contributed by atoms with Gasteiger partial charge in [-0.1, -0.05) is 133 Å². The maximum atomic E-state index is 6.79. The standard InChI is InChI=1S/C45H32N4O/c46-44(48-45(47-29-30-11-3-1-4-12-30)34-21-19-32(20-22-34)31-13-5-2-6-14-31)33-23-25-35(26-24-33)49-40-17-9-7-15-36(40)38-27-39-37-16-8-10-18-42(37)50-43(39)28-41(38)49/h1-29,44H,46H2/b47-29+,48-45-. The van der Waals surface area contributed by atoms with Crippen molar-refractivity contribution in [3.8, 4) is 16.8 Å². The molecule has 7 aromatic carbocycles. The molecule has 5 nitrogen and oxygen atoms in total. The lowest BCUT2D eigenvalue weighted by atomic mass is 10.0. The Labute approximate surface area is 289 Å². The van der Waals surface area contributed by atoms with Crippen molar-refractivity contribution in [3.63, 3.8) is 0 Å². The van der Waals surface area contributed by atoms with E-state index in [0.29, 0.717) is 5.84 Å². The van der Waals surface area contributed by atoms with Gasteiger partial charge in [0.15, 0.2) is 5.84 Å². The third-order valence-electron chi connectivity index (χ3n) is 9.31. The van der Waals surface area contributed by atoms with E-state index in [1.165, 1.54) is 10.8 Å². The van der Waals surface area contributed by atoms with E-state index in [9.17, 15) is 0 Å². The van der Waals surface area contributed by atoms with Crippen LogP contribution in [0, 0.1) is 0 Å². The summed E-state index contributed by atoms with van der Waals surface area (Å²) in [5, 5.41) is 4.62. The number of amidine groups is 1. The van der Waals surface area contributed by atoms with Gasteiger partial charge < -0.3 is 14.7 Å². The highest BCUT2D eigenvalue weighted by Crippen LogP contribution is 2.38. The highest BCUT2D eigenvalue weighted by molar-refractivity contribution is 6.17. The summed E-state index contributed by atoms with van der Waals surface area (Å²) in [5.41, 5.74) is 16.9. The van der Waals surface area contributed by atoms with Crippen LogP contribution in [0.3, 0.4) is 0 Å². The van der Waals surface area contributed by atoms with Gasteiger partial charge in [-0.25, -0.2) is 9.98 Å². The molecule has 9 aromatic rings. The molecule has 5 heteroatoms. The monoisotopic (exact) mass is 644 g/mol. The molecule has 0 spiro atoms. The van der Waals surface area contributed by atoms with Crippen LogP contribution in [0.4, 0.5) is 0 Å². The second-order valence-electron chi connectivity index (χ2n) is 12.4. The molecule has 2 aromatic heterocycles. The van der Waals surface area contributed by atoms with Crippen molar-refractivity contribution in [1.29, 1.82) is 0 Å². The largest absolute Gasteiger partial charge is 0.456 e. The van der Waals surface area contributed by atoms with Gasteiger partial charge in [-0.2, -0.15) is 0 Å². The number of aromatic nitrogens is 1. The summed E-state index contributed by atoms with van der Waals surface area (Å²) in [6.45, 7) is 0. The van der Waals surface area contributed by atoms with Gasteiger partial charge in [0, 0.05) is 45.1 Å². The first kappa shape index (κ1) is 29.6. The molecule has 0 bridgehead atoms. The normalized spacial score (nSPS) is 12.9.